The molecule has 1 saturated carbocycles. The third kappa shape index (κ3) is 2.67. The Hall–Kier alpha value is -1.68. The third-order valence-corrected chi connectivity index (χ3v) is 5.64. The van der Waals surface area contributed by atoms with Gasteiger partial charge in [-0.05, 0) is 44.6 Å². The van der Waals surface area contributed by atoms with Gasteiger partial charge in [0, 0.05) is 18.5 Å². The SMILES string of the molecule is CC(C)OC1Cc2ccccc2-c2c(nnn2C)C2CCCCC12. The van der Waals surface area contributed by atoms with E-state index in [1.807, 2.05) is 11.7 Å². The maximum atomic E-state index is 6.42. The Morgan fingerprint density at radius 1 is 1.17 bits per heavy atom. The molecule has 0 amide bonds. The minimum atomic E-state index is 0.255. The molecule has 0 radical (unpaired) electrons. The van der Waals surface area contributed by atoms with Crippen LogP contribution in [0.1, 0.15) is 56.7 Å². The van der Waals surface area contributed by atoms with Crippen molar-refractivity contribution in [3.63, 3.8) is 0 Å². The van der Waals surface area contributed by atoms with Gasteiger partial charge in [-0.15, -0.1) is 5.10 Å². The zero-order valence-electron chi connectivity index (χ0n) is 14.9. The number of fused-ring (bicyclic) bond motifs is 5. The highest BCUT2D eigenvalue weighted by Crippen LogP contribution is 2.46. The highest BCUT2D eigenvalue weighted by Gasteiger charge is 2.39. The molecule has 0 N–H and O–H groups in total. The number of aromatic nitrogens is 3. The zero-order valence-corrected chi connectivity index (χ0v) is 14.9. The summed E-state index contributed by atoms with van der Waals surface area (Å²) in [5, 5.41) is 9.00. The lowest BCUT2D eigenvalue weighted by Crippen LogP contribution is -2.36. The zero-order chi connectivity index (χ0) is 16.7. The fraction of sp³-hybridized carbons (Fsp3) is 0.600. The van der Waals surface area contributed by atoms with Crippen LogP contribution in [-0.4, -0.2) is 27.2 Å². The van der Waals surface area contributed by atoms with Crippen LogP contribution < -0.4 is 0 Å². The normalized spacial score (nSPS) is 26.2. The van der Waals surface area contributed by atoms with Crippen molar-refractivity contribution in [1.29, 1.82) is 0 Å². The average molecular weight is 325 g/mol. The second-order valence-electron chi connectivity index (χ2n) is 7.59. The predicted octanol–water partition coefficient (Wildman–Crippen LogP) is 4.11. The summed E-state index contributed by atoms with van der Waals surface area (Å²) < 4.78 is 8.38. The maximum absolute atomic E-state index is 6.42. The van der Waals surface area contributed by atoms with Gasteiger partial charge in [0.2, 0.25) is 0 Å². The van der Waals surface area contributed by atoms with Gasteiger partial charge in [0.15, 0.2) is 0 Å². The van der Waals surface area contributed by atoms with Gasteiger partial charge in [-0.1, -0.05) is 42.3 Å². The number of rotatable bonds is 2. The van der Waals surface area contributed by atoms with E-state index in [1.165, 1.54) is 48.2 Å². The summed E-state index contributed by atoms with van der Waals surface area (Å²) in [4.78, 5) is 0. The van der Waals surface area contributed by atoms with E-state index in [0.717, 1.165) is 6.42 Å². The van der Waals surface area contributed by atoms with Crippen molar-refractivity contribution < 1.29 is 4.74 Å². The van der Waals surface area contributed by atoms with Crippen molar-refractivity contribution in [2.75, 3.05) is 0 Å². The molecule has 0 spiro atoms. The van der Waals surface area contributed by atoms with Crippen molar-refractivity contribution in [3.8, 4) is 11.3 Å². The molecule has 3 unspecified atom stereocenters. The number of benzene rings is 1. The van der Waals surface area contributed by atoms with E-state index in [2.05, 4.69) is 48.4 Å². The lowest BCUT2D eigenvalue weighted by molar-refractivity contribution is -0.0415. The largest absolute Gasteiger partial charge is 0.375 e. The summed E-state index contributed by atoms with van der Waals surface area (Å²) >= 11 is 0. The molecule has 4 heteroatoms. The molecule has 4 rings (SSSR count). The molecule has 0 saturated heterocycles. The molecule has 2 aliphatic carbocycles. The van der Waals surface area contributed by atoms with E-state index >= 15 is 0 Å². The maximum Gasteiger partial charge on any atom is 0.0941 e. The van der Waals surface area contributed by atoms with Crippen LogP contribution in [0.5, 0.6) is 0 Å². The minimum Gasteiger partial charge on any atom is -0.375 e. The Kier molecular flexibility index (Phi) is 4.17. The van der Waals surface area contributed by atoms with Gasteiger partial charge in [0.25, 0.3) is 0 Å². The first-order valence-electron chi connectivity index (χ1n) is 9.28. The van der Waals surface area contributed by atoms with Crippen LogP contribution in [0, 0.1) is 5.92 Å². The quantitative estimate of drug-likeness (QED) is 0.834. The Bertz CT molecular complexity index is 721. The number of hydrogen-bond acceptors (Lipinski definition) is 3. The summed E-state index contributed by atoms with van der Waals surface area (Å²) in [7, 11) is 2.02. The van der Waals surface area contributed by atoms with Crippen LogP contribution in [0.4, 0.5) is 0 Å². The molecular formula is C20H27N3O. The summed E-state index contributed by atoms with van der Waals surface area (Å²) in [6, 6.07) is 8.71. The van der Waals surface area contributed by atoms with Gasteiger partial charge in [-0.2, -0.15) is 0 Å². The first kappa shape index (κ1) is 15.8. The minimum absolute atomic E-state index is 0.255. The topological polar surface area (TPSA) is 39.9 Å². The third-order valence-electron chi connectivity index (χ3n) is 5.64. The Morgan fingerprint density at radius 3 is 2.79 bits per heavy atom. The van der Waals surface area contributed by atoms with Gasteiger partial charge < -0.3 is 4.74 Å². The van der Waals surface area contributed by atoms with E-state index in [0.29, 0.717) is 11.8 Å². The molecule has 0 aliphatic heterocycles. The van der Waals surface area contributed by atoms with E-state index in [9.17, 15) is 0 Å². The molecule has 24 heavy (non-hydrogen) atoms. The Morgan fingerprint density at radius 2 is 1.96 bits per heavy atom. The first-order valence-corrected chi connectivity index (χ1v) is 9.28. The Labute approximate surface area is 144 Å². The van der Waals surface area contributed by atoms with Crippen LogP contribution in [-0.2, 0) is 18.2 Å². The number of aryl methyl sites for hydroxylation is 1. The van der Waals surface area contributed by atoms with Gasteiger partial charge in [0.1, 0.15) is 0 Å². The molecule has 1 fully saturated rings. The smallest absolute Gasteiger partial charge is 0.0941 e. The summed E-state index contributed by atoms with van der Waals surface area (Å²) in [5.74, 6) is 1.02. The van der Waals surface area contributed by atoms with Gasteiger partial charge in [-0.3, -0.25) is 0 Å². The second kappa shape index (κ2) is 6.32. The highest BCUT2D eigenvalue weighted by atomic mass is 16.5. The van der Waals surface area contributed by atoms with E-state index in [4.69, 9.17) is 4.74 Å². The number of nitrogens with zero attached hydrogens (tertiary/aromatic N) is 3. The van der Waals surface area contributed by atoms with Crippen LogP contribution in [0.15, 0.2) is 24.3 Å². The average Bonchev–Trinajstić information content (AvgIpc) is 2.94. The van der Waals surface area contributed by atoms with Crippen LogP contribution in [0.2, 0.25) is 0 Å². The monoisotopic (exact) mass is 325 g/mol. The number of ether oxygens (including phenoxy) is 1. The molecule has 4 nitrogen and oxygen atoms in total. The predicted molar refractivity (Wildman–Crippen MR) is 94.9 cm³/mol. The van der Waals surface area contributed by atoms with Crippen LogP contribution >= 0.6 is 0 Å². The standard InChI is InChI=1S/C20H27N3O/c1-13(2)24-18-12-14-8-4-5-9-15(14)20-19(21-22-23(20)3)17-11-7-6-10-16(17)18/h4-5,8-9,13,16-18H,6-7,10-12H2,1-3H3. The summed E-state index contributed by atoms with van der Waals surface area (Å²) in [5.41, 5.74) is 5.04. The van der Waals surface area contributed by atoms with Crippen molar-refractivity contribution in [2.24, 2.45) is 13.0 Å². The van der Waals surface area contributed by atoms with Crippen molar-refractivity contribution in [3.05, 3.63) is 35.5 Å². The van der Waals surface area contributed by atoms with E-state index in [-0.39, 0.29) is 12.2 Å². The van der Waals surface area contributed by atoms with Crippen molar-refractivity contribution >= 4 is 0 Å². The van der Waals surface area contributed by atoms with Crippen LogP contribution in [0.3, 0.4) is 0 Å². The molecule has 2 aromatic rings. The fourth-order valence-corrected chi connectivity index (χ4v) is 4.68. The second-order valence-corrected chi connectivity index (χ2v) is 7.59. The lowest BCUT2D eigenvalue weighted by atomic mass is 9.71. The van der Waals surface area contributed by atoms with Crippen molar-refractivity contribution in [1.82, 2.24) is 15.0 Å². The molecule has 0 bridgehead atoms. The first-order chi connectivity index (χ1) is 11.6. The van der Waals surface area contributed by atoms with Gasteiger partial charge in [0.05, 0.1) is 23.6 Å². The van der Waals surface area contributed by atoms with Gasteiger partial charge in [-0.25, -0.2) is 4.68 Å². The molecule has 1 aromatic heterocycles. The summed E-state index contributed by atoms with van der Waals surface area (Å²) in [6.07, 6.45) is 6.54. The highest BCUT2D eigenvalue weighted by molar-refractivity contribution is 5.67. The molecule has 3 atom stereocenters. The molecule has 1 heterocycles. The van der Waals surface area contributed by atoms with E-state index < -0.39 is 0 Å². The Balaban J connectivity index is 1.87. The lowest BCUT2D eigenvalue weighted by Gasteiger charge is -2.39. The molecular weight excluding hydrogens is 298 g/mol. The van der Waals surface area contributed by atoms with E-state index in [1.54, 1.807) is 0 Å². The van der Waals surface area contributed by atoms with Crippen molar-refractivity contribution in [2.45, 2.75) is 64.1 Å². The fourth-order valence-electron chi connectivity index (χ4n) is 4.68. The van der Waals surface area contributed by atoms with Gasteiger partial charge >= 0.3 is 0 Å². The molecule has 2 aliphatic rings. The number of hydrogen-bond donors (Lipinski definition) is 0. The summed E-state index contributed by atoms with van der Waals surface area (Å²) in [6.45, 7) is 4.30. The molecule has 128 valence electrons. The van der Waals surface area contributed by atoms with Crippen LogP contribution in [0.25, 0.3) is 11.3 Å². The molecule has 1 aromatic carbocycles.